The van der Waals surface area contributed by atoms with Crippen molar-refractivity contribution < 1.29 is 9.59 Å². The van der Waals surface area contributed by atoms with Gasteiger partial charge >= 0.3 is 0 Å². The Morgan fingerprint density at radius 2 is 1.80 bits per heavy atom. The van der Waals surface area contributed by atoms with Crippen molar-refractivity contribution in [3.8, 4) is 0 Å². The fourth-order valence-corrected chi connectivity index (χ4v) is 2.61. The molecule has 0 spiro atoms. The maximum absolute atomic E-state index is 11.7. The highest BCUT2D eigenvalue weighted by atomic mass is 16.2. The summed E-state index contributed by atoms with van der Waals surface area (Å²) < 4.78 is 0. The molecule has 1 heterocycles. The molecule has 0 aromatic carbocycles. The van der Waals surface area contributed by atoms with E-state index in [0.717, 1.165) is 6.54 Å². The average Bonchev–Trinajstić information content (AvgIpc) is 2.67. The smallest absolute Gasteiger partial charge is 0.223 e. The summed E-state index contributed by atoms with van der Waals surface area (Å²) in [6.45, 7) is 1.56. The lowest BCUT2D eigenvalue weighted by molar-refractivity contribution is -0.131. The van der Waals surface area contributed by atoms with Crippen LogP contribution in [0.15, 0.2) is 0 Å². The molecular weight excluding hydrogens is 190 g/mol. The zero-order chi connectivity index (χ0) is 10.7. The SMILES string of the molecule is O=C1CCC(=O)N(CC2CCCC2)CC1. The van der Waals surface area contributed by atoms with Crippen LogP contribution in [-0.4, -0.2) is 29.7 Å². The molecule has 1 amide bonds. The first kappa shape index (κ1) is 10.7. The number of hydrogen-bond donors (Lipinski definition) is 0. The third kappa shape index (κ3) is 2.80. The van der Waals surface area contributed by atoms with E-state index in [1.165, 1.54) is 25.7 Å². The van der Waals surface area contributed by atoms with Crippen LogP contribution in [0.1, 0.15) is 44.9 Å². The Balaban J connectivity index is 1.88. The zero-order valence-corrected chi connectivity index (χ0v) is 9.21. The van der Waals surface area contributed by atoms with E-state index in [4.69, 9.17) is 0 Å². The lowest BCUT2D eigenvalue weighted by Crippen LogP contribution is -2.34. The molecule has 1 aliphatic carbocycles. The van der Waals surface area contributed by atoms with Gasteiger partial charge < -0.3 is 4.90 Å². The van der Waals surface area contributed by atoms with Crippen LogP contribution in [0.3, 0.4) is 0 Å². The molecule has 84 valence electrons. The first-order chi connectivity index (χ1) is 7.25. The van der Waals surface area contributed by atoms with E-state index in [-0.39, 0.29) is 11.7 Å². The molecule has 3 heteroatoms. The molecule has 2 aliphatic rings. The number of nitrogens with zero attached hydrogens (tertiary/aromatic N) is 1. The zero-order valence-electron chi connectivity index (χ0n) is 9.21. The van der Waals surface area contributed by atoms with Crippen LogP contribution in [0.5, 0.6) is 0 Å². The molecular formula is C12H19NO2. The van der Waals surface area contributed by atoms with Crippen LogP contribution in [-0.2, 0) is 9.59 Å². The maximum Gasteiger partial charge on any atom is 0.223 e. The minimum Gasteiger partial charge on any atom is -0.342 e. The molecule has 1 saturated heterocycles. The Hall–Kier alpha value is -0.860. The lowest BCUT2D eigenvalue weighted by Gasteiger charge is -2.23. The summed E-state index contributed by atoms with van der Waals surface area (Å²) in [4.78, 5) is 24.9. The number of carbonyl (C=O) groups excluding carboxylic acids is 2. The quantitative estimate of drug-likeness (QED) is 0.695. The van der Waals surface area contributed by atoms with Gasteiger partial charge in [0.1, 0.15) is 5.78 Å². The van der Waals surface area contributed by atoms with Crippen molar-refractivity contribution in [2.45, 2.75) is 44.9 Å². The minimum atomic E-state index is 0.188. The van der Waals surface area contributed by atoms with E-state index in [1.807, 2.05) is 4.90 Å². The molecule has 0 aromatic rings. The van der Waals surface area contributed by atoms with Crippen LogP contribution in [0, 0.1) is 5.92 Å². The molecule has 0 radical (unpaired) electrons. The average molecular weight is 209 g/mol. The van der Waals surface area contributed by atoms with Crippen LogP contribution >= 0.6 is 0 Å². The summed E-state index contributed by atoms with van der Waals surface area (Å²) in [7, 11) is 0. The number of ketones is 1. The Kier molecular flexibility index (Phi) is 3.39. The number of hydrogen-bond acceptors (Lipinski definition) is 2. The van der Waals surface area contributed by atoms with Gasteiger partial charge in [-0.15, -0.1) is 0 Å². The van der Waals surface area contributed by atoms with Gasteiger partial charge in [-0.3, -0.25) is 9.59 Å². The van der Waals surface area contributed by atoms with Crippen molar-refractivity contribution in [2.75, 3.05) is 13.1 Å². The van der Waals surface area contributed by atoms with Crippen molar-refractivity contribution in [2.24, 2.45) is 5.92 Å². The van der Waals surface area contributed by atoms with Gasteiger partial charge in [-0.2, -0.15) is 0 Å². The summed E-state index contributed by atoms with van der Waals surface area (Å²) in [6, 6.07) is 0. The van der Waals surface area contributed by atoms with Crippen molar-refractivity contribution in [1.29, 1.82) is 0 Å². The molecule has 2 fully saturated rings. The summed E-state index contributed by atoms with van der Waals surface area (Å²) in [5.74, 6) is 1.13. The Labute approximate surface area is 90.8 Å². The Morgan fingerprint density at radius 1 is 1.07 bits per heavy atom. The standard InChI is InChI=1S/C12H19NO2/c14-11-5-6-12(15)13(8-7-11)9-10-3-1-2-4-10/h10H,1-9H2. The molecule has 0 atom stereocenters. The van der Waals surface area contributed by atoms with Gasteiger partial charge in [0.25, 0.3) is 0 Å². The largest absolute Gasteiger partial charge is 0.342 e. The van der Waals surface area contributed by atoms with E-state index in [0.29, 0.717) is 31.7 Å². The van der Waals surface area contributed by atoms with E-state index < -0.39 is 0 Å². The number of amides is 1. The Bertz CT molecular complexity index is 256. The second-order valence-electron chi connectivity index (χ2n) is 4.78. The van der Waals surface area contributed by atoms with Gasteiger partial charge in [0.2, 0.25) is 5.91 Å². The molecule has 2 rings (SSSR count). The second-order valence-corrected chi connectivity index (χ2v) is 4.78. The minimum absolute atomic E-state index is 0.188. The maximum atomic E-state index is 11.7. The van der Waals surface area contributed by atoms with Gasteiger partial charge in [0, 0.05) is 32.4 Å². The number of rotatable bonds is 2. The highest BCUT2D eigenvalue weighted by Gasteiger charge is 2.24. The molecule has 3 nitrogen and oxygen atoms in total. The number of carbonyl (C=O) groups is 2. The van der Waals surface area contributed by atoms with Crippen molar-refractivity contribution >= 4 is 11.7 Å². The molecule has 0 unspecified atom stereocenters. The molecule has 0 bridgehead atoms. The van der Waals surface area contributed by atoms with Gasteiger partial charge in [-0.05, 0) is 18.8 Å². The Morgan fingerprint density at radius 3 is 2.53 bits per heavy atom. The van der Waals surface area contributed by atoms with E-state index in [2.05, 4.69) is 0 Å². The summed E-state index contributed by atoms with van der Waals surface area (Å²) in [6.07, 6.45) is 6.61. The monoisotopic (exact) mass is 209 g/mol. The molecule has 1 saturated carbocycles. The third-order valence-electron chi connectivity index (χ3n) is 3.58. The van der Waals surface area contributed by atoms with Crippen molar-refractivity contribution in [1.82, 2.24) is 4.90 Å². The number of likely N-dealkylation sites (tertiary alicyclic amines) is 1. The van der Waals surface area contributed by atoms with Crippen LogP contribution in [0.2, 0.25) is 0 Å². The summed E-state index contributed by atoms with van der Waals surface area (Å²) >= 11 is 0. The number of Topliss-reactive ketones (excluding diaryl/α,β-unsaturated/α-hetero) is 1. The molecule has 0 aromatic heterocycles. The molecule has 1 aliphatic heterocycles. The van der Waals surface area contributed by atoms with Gasteiger partial charge in [-0.1, -0.05) is 12.8 Å². The highest BCUT2D eigenvalue weighted by molar-refractivity contribution is 5.87. The molecule has 15 heavy (non-hydrogen) atoms. The van der Waals surface area contributed by atoms with Crippen LogP contribution in [0.25, 0.3) is 0 Å². The first-order valence-corrected chi connectivity index (χ1v) is 6.05. The fourth-order valence-electron chi connectivity index (χ4n) is 2.61. The predicted octanol–water partition coefficient (Wildman–Crippen LogP) is 1.76. The second kappa shape index (κ2) is 4.77. The van der Waals surface area contributed by atoms with Crippen LogP contribution in [0.4, 0.5) is 0 Å². The predicted molar refractivity (Wildman–Crippen MR) is 57.4 cm³/mol. The fraction of sp³-hybridized carbons (Fsp3) is 0.833. The normalized spacial score (nSPS) is 24.7. The molecule has 0 N–H and O–H groups in total. The summed E-state index contributed by atoms with van der Waals surface area (Å²) in [5.41, 5.74) is 0. The lowest BCUT2D eigenvalue weighted by atomic mass is 10.1. The van der Waals surface area contributed by atoms with E-state index >= 15 is 0 Å². The first-order valence-electron chi connectivity index (χ1n) is 6.05. The summed E-state index contributed by atoms with van der Waals surface area (Å²) in [5, 5.41) is 0. The van der Waals surface area contributed by atoms with Gasteiger partial charge in [0.05, 0.1) is 0 Å². The van der Waals surface area contributed by atoms with Gasteiger partial charge in [-0.25, -0.2) is 0 Å². The van der Waals surface area contributed by atoms with Crippen LogP contribution < -0.4 is 0 Å². The third-order valence-corrected chi connectivity index (χ3v) is 3.58. The van der Waals surface area contributed by atoms with E-state index in [9.17, 15) is 9.59 Å². The van der Waals surface area contributed by atoms with Gasteiger partial charge in [0.15, 0.2) is 0 Å². The van der Waals surface area contributed by atoms with Crippen molar-refractivity contribution in [3.05, 3.63) is 0 Å². The van der Waals surface area contributed by atoms with Crippen molar-refractivity contribution in [3.63, 3.8) is 0 Å². The topological polar surface area (TPSA) is 37.4 Å². The van der Waals surface area contributed by atoms with E-state index in [1.54, 1.807) is 0 Å². The highest BCUT2D eigenvalue weighted by Crippen LogP contribution is 2.26.